The maximum absolute atomic E-state index is 12.8. The predicted molar refractivity (Wildman–Crippen MR) is 83.9 cm³/mol. The van der Waals surface area contributed by atoms with Crippen LogP contribution in [0.15, 0.2) is 53.8 Å². The number of carbonyl (C=O) groups is 2. The fraction of sp³-hybridized carbons (Fsp3) is 0.333. The predicted octanol–water partition coefficient (Wildman–Crippen LogP) is 1.64. The van der Waals surface area contributed by atoms with E-state index in [9.17, 15) is 14.7 Å². The van der Waals surface area contributed by atoms with Crippen molar-refractivity contribution in [3.63, 3.8) is 0 Å². The number of esters is 1. The van der Waals surface area contributed by atoms with Gasteiger partial charge in [0.25, 0.3) is 0 Å². The van der Waals surface area contributed by atoms with Crippen LogP contribution in [0.2, 0.25) is 0 Å². The zero-order valence-corrected chi connectivity index (χ0v) is 12.9. The van der Waals surface area contributed by atoms with Gasteiger partial charge in [-0.3, -0.25) is 4.79 Å². The lowest BCUT2D eigenvalue weighted by Gasteiger charge is -2.33. The monoisotopic (exact) mass is 313 g/mol. The average Bonchev–Trinajstić information content (AvgIpc) is 3.02. The molecule has 0 saturated carbocycles. The van der Waals surface area contributed by atoms with Crippen molar-refractivity contribution in [3.05, 3.63) is 59.3 Å². The summed E-state index contributed by atoms with van der Waals surface area (Å²) in [7, 11) is 1.34. The van der Waals surface area contributed by atoms with E-state index in [4.69, 9.17) is 4.74 Å². The molecule has 1 aromatic rings. The fourth-order valence-corrected chi connectivity index (χ4v) is 3.33. The Bertz CT molecular complexity index is 678. The van der Waals surface area contributed by atoms with Gasteiger partial charge in [0, 0.05) is 12.1 Å². The first-order chi connectivity index (χ1) is 11.2. The molecule has 1 N–H and O–H groups in total. The number of aliphatic hydroxyl groups excluding tert-OH is 1. The second-order valence-corrected chi connectivity index (χ2v) is 5.78. The molecule has 0 unspecified atom stereocenters. The molecule has 0 bridgehead atoms. The van der Waals surface area contributed by atoms with Gasteiger partial charge < -0.3 is 14.7 Å². The smallest absolute Gasteiger partial charge is 0.335 e. The zero-order chi connectivity index (χ0) is 16.4. The molecular weight excluding hydrogens is 294 g/mol. The highest BCUT2D eigenvalue weighted by atomic mass is 16.5. The lowest BCUT2D eigenvalue weighted by Crippen LogP contribution is -2.42. The van der Waals surface area contributed by atoms with Gasteiger partial charge in [-0.15, -0.1) is 0 Å². The van der Waals surface area contributed by atoms with Gasteiger partial charge in [-0.25, -0.2) is 4.79 Å². The van der Waals surface area contributed by atoms with Gasteiger partial charge in [0.2, 0.25) is 5.91 Å². The van der Waals surface area contributed by atoms with Crippen molar-refractivity contribution in [1.29, 1.82) is 0 Å². The third-order valence-electron chi connectivity index (χ3n) is 4.48. The Morgan fingerprint density at radius 2 is 2.09 bits per heavy atom. The minimum Gasteiger partial charge on any atom is -0.466 e. The molecule has 5 nitrogen and oxygen atoms in total. The van der Waals surface area contributed by atoms with Crippen molar-refractivity contribution in [3.8, 4) is 0 Å². The number of benzene rings is 1. The molecule has 23 heavy (non-hydrogen) atoms. The second kappa shape index (κ2) is 6.38. The van der Waals surface area contributed by atoms with E-state index < -0.39 is 11.9 Å². The molecule has 1 aliphatic carbocycles. The number of nitrogens with zero attached hydrogens (tertiary/aromatic N) is 1. The number of amides is 1. The number of aliphatic hydroxyl groups is 1. The van der Waals surface area contributed by atoms with Crippen molar-refractivity contribution < 1.29 is 19.4 Å². The topological polar surface area (TPSA) is 66.8 Å². The van der Waals surface area contributed by atoms with Gasteiger partial charge in [0.1, 0.15) is 0 Å². The molecule has 0 spiro atoms. The first-order valence-electron chi connectivity index (χ1n) is 7.60. The van der Waals surface area contributed by atoms with Crippen LogP contribution in [-0.4, -0.2) is 35.6 Å². The Hall–Kier alpha value is -2.40. The van der Waals surface area contributed by atoms with E-state index in [1.54, 1.807) is 11.1 Å². The number of fused-ring (bicyclic) bond motifs is 1. The molecule has 0 fully saturated rings. The third kappa shape index (κ3) is 2.80. The van der Waals surface area contributed by atoms with E-state index in [1.165, 1.54) is 7.11 Å². The van der Waals surface area contributed by atoms with Crippen LogP contribution in [0.4, 0.5) is 0 Å². The second-order valence-electron chi connectivity index (χ2n) is 5.78. The van der Waals surface area contributed by atoms with Crippen LogP contribution in [0.3, 0.4) is 0 Å². The van der Waals surface area contributed by atoms with Crippen molar-refractivity contribution in [2.45, 2.75) is 13.0 Å². The first kappa shape index (κ1) is 15.5. The number of hydrogen-bond acceptors (Lipinski definition) is 4. The molecule has 1 heterocycles. The summed E-state index contributed by atoms with van der Waals surface area (Å²) in [6, 6.07) is 9.60. The molecule has 1 aliphatic heterocycles. The molecule has 1 aromatic carbocycles. The van der Waals surface area contributed by atoms with Crippen LogP contribution >= 0.6 is 0 Å². The normalized spacial score (nSPS) is 23.2. The summed E-state index contributed by atoms with van der Waals surface area (Å²) in [4.78, 5) is 26.5. The van der Waals surface area contributed by atoms with Crippen LogP contribution in [0.25, 0.3) is 0 Å². The van der Waals surface area contributed by atoms with Gasteiger partial charge in [0.15, 0.2) is 0 Å². The Morgan fingerprint density at radius 3 is 2.74 bits per heavy atom. The fourth-order valence-electron chi connectivity index (χ4n) is 3.33. The van der Waals surface area contributed by atoms with E-state index >= 15 is 0 Å². The van der Waals surface area contributed by atoms with Gasteiger partial charge in [-0.2, -0.15) is 0 Å². The molecule has 0 aromatic heterocycles. The SMILES string of the molecule is COC(=O)C1=CN(Cc2ccccc2)C(=O)[C@@H]2C(CO)=CC[C@H]12. The minimum absolute atomic E-state index is 0.0793. The molecule has 2 atom stereocenters. The molecule has 0 radical (unpaired) electrons. The van der Waals surface area contributed by atoms with E-state index in [0.717, 1.165) is 5.56 Å². The standard InChI is InChI=1S/C18H19NO4/c1-23-18(22)15-10-19(9-12-5-3-2-4-6-12)17(21)16-13(11-20)7-8-14(15)16/h2-7,10,14,16,20H,8-9,11H2,1H3/t14-,16-/m1/s1. The van der Waals surface area contributed by atoms with Crippen molar-refractivity contribution in [2.24, 2.45) is 11.8 Å². The maximum atomic E-state index is 12.8. The maximum Gasteiger partial charge on any atom is 0.335 e. The molecule has 5 heteroatoms. The number of hydrogen-bond donors (Lipinski definition) is 1. The van der Waals surface area contributed by atoms with Gasteiger partial charge in [0.05, 0.1) is 31.8 Å². The summed E-state index contributed by atoms with van der Waals surface area (Å²) in [5.74, 6) is -1.20. The quantitative estimate of drug-likeness (QED) is 0.678. The molecule has 1 amide bonds. The van der Waals surface area contributed by atoms with Crippen LogP contribution < -0.4 is 0 Å². The van der Waals surface area contributed by atoms with Crippen LogP contribution in [0.5, 0.6) is 0 Å². The van der Waals surface area contributed by atoms with E-state index in [0.29, 0.717) is 24.1 Å². The Balaban J connectivity index is 1.95. The molecule has 3 rings (SSSR count). The van der Waals surface area contributed by atoms with E-state index in [-0.39, 0.29) is 18.4 Å². The summed E-state index contributed by atoms with van der Waals surface area (Å²) in [5, 5.41) is 9.51. The minimum atomic E-state index is -0.470. The number of allylic oxidation sites excluding steroid dienone is 1. The molecular formula is C18H19NO4. The highest BCUT2D eigenvalue weighted by Crippen LogP contribution is 2.41. The van der Waals surface area contributed by atoms with Crippen LogP contribution in [-0.2, 0) is 20.9 Å². The van der Waals surface area contributed by atoms with Gasteiger partial charge >= 0.3 is 5.97 Å². The van der Waals surface area contributed by atoms with Gasteiger partial charge in [-0.05, 0) is 17.6 Å². The summed E-state index contributed by atoms with van der Waals surface area (Å²) >= 11 is 0. The Kier molecular flexibility index (Phi) is 4.30. The van der Waals surface area contributed by atoms with Gasteiger partial charge in [-0.1, -0.05) is 36.4 Å². The first-order valence-corrected chi connectivity index (χ1v) is 7.60. The highest BCUT2D eigenvalue weighted by Gasteiger charge is 2.44. The number of rotatable bonds is 4. The van der Waals surface area contributed by atoms with Crippen LogP contribution in [0, 0.1) is 11.8 Å². The number of carbonyl (C=O) groups excluding carboxylic acids is 2. The van der Waals surface area contributed by atoms with Crippen LogP contribution in [0.1, 0.15) is 12.0 Å². The third-order valence-corrected chi connectivity index (χ3v) is 4.48. The van der Waals surface area contributed by atoms with E-state index in [2.05, 4.69) is 0 Å². The number of ether oxygens (including phenoxy) is 1. The van der Waals surface area contributed by atoms with Crippen molar-refractivity contribution in [2.75, 3.05) is 13.7 Å². The molecule has 0 saturated heterocycles. The summed E-state index contributed by atoms with van der Waals surface area (Å²) in [5.41, 5.74) is 2.16. The summed E-state index contributed by atoms with van der Waals surface area (Å²) in [6.45, 7) is 0.225. The number of methoxy groups -OCH3 is 1. The molecule has 2 aliphatic rings. The van der Waals surface area contributed by atoms with Crippen molar-refractivity contribution in [1.82, 2.24) is 4.90 Å². The highest BCUT2D eigenvalue weighted by molar-refractivity contribution is 5.95. The molecule has 120 valence electrons. The van der Waals surface area contributed by atoms with Crippen molar-refractivity contribution >= 4 is 11.9 Å². The summed E-state index contributed by atoms with van der Waals surface area (Å²) < 4.78 is 4.87. The van der Waals surface area contributed by atoms with E-state index in [1.807, 2.05) is 36.4 Å². The lowest BCUT2D eigenvalue weighted by molar-refractivity contribution is -0.139. The lowest BCUT2D eigenvalue weighted by atomic mass is 9.82. The zero-order valence-electron chi connectivity index (χ0n) is 12.9. The average molecular weight is 313 g/mol. The Labute approximate surface area is 134 Å². The largest absolute Gasteiger partial charge is 0.466 e. The summed E-state index contributed by atoms with van der Waals surface area (Å²) in [6.07, 6.45) is 4.04. The Morgan fingerprint density at radius 1 is 1.35 bits per heavy atom.